The monoisotopic (exact) mass is 537 g/mol. The van der Waals surface area contributed by atoms with Crippen LogP contribution in [0.5, 0.6) is 0 Å². The van der Waals surface area contributed by atoms with Gasteiger partial charge >= 0.3 is 0 Å². The number of hydrogen-bond donors (Lipinski definition) is 4. The maximum Gasteiger partial charge on any atom is 0.249 e. The second-order valence-electron chi connectivity index (χ2n) is 11.0. The van der Waals surface area contributed by atoms with Crippen LogP contribution in [-0.2, 0) is 4.79 Å². The molecule has 0 spiro atoms. The lowest BCUT2D eigenvalue weighted by atomic mass is 10.0. The molecule has 0 aliphatic carbocycles. The van der Waals surface area contributed by atoms with Crippen LogP contribution in [0.1, 0.15) is 155 Å². The van der Waals surface area contributed by atoms with Gasteiger partial charge in [-0.3, -0.25) is 4.79 Å². The van der Waals surface area contributed by atoms with E-state index in [1.165, 1.54) is 89.9 Å². The third kappa shape index (κ3) is 23.9. The fourth-order valence-electron chi connectivity index (χ4n) is 4.63. The third-order valence-electron chi connectivity index (χ3n) is 7.29. The molecule has 0 fully saturated rings. The van der Waals surface area contributed by atoms with Gasteiger partial charge in [0.25, 0.3) is 0 Å². The predicted octanol–water partition coefficient (Wildman–Crippen LogP) is 7.92. The van der Waals surface area contributed by atoms with Gasteiger partial charge in [-0.25, -0.2) is 0 Å². The zero-order chi connectivity index (χ0) is 28.1. The molecule has 5 nitrogen and oxygen atoms in total. The Morgan fingerprint density at radius 3 is 1.61 bits per heavy atom. The average molecular weight is 538 g/mol. The van der Waals surface area contributed by atoms with Gasteiger partial charge in [-0.1, -0.05) is 141 Å². The second-order valence-corrected chi connectivity index (χ2v) is 11.0. The highest BCUT2D eigenvalue weighted by atomic mass is 16.3. The van der Waals surface area contributed by atoms with Gasteiger partial charge in [0.2, 0.25) is 5.91 Å². The molecule has 4 N–H and O–H groups in total. The van der Waals surface area contributed by atoms with Crippen LogP contribution >= 0.6 is 0 Å². The van der Waals surface area contributed by atoms with E-state index in [4.69, 9.17) is 0 Å². The summed E-state index contributed by atoms with van der Waals surface area (Å²) in [5.74, 6) is -0.521. The Hall–Kier alpha value is -1.17. The predicted molar refractivity (Wildman–Crippen MR) is 162 cm³/mol. The highest BCUT2D eigenvalue weighted by Crippen LogP contribution is 2.13. The van der Waals surface area contributed by atoms with E-state index in [1.54, 1.807) is 6.08 Å². The van der Waals surface area contributed by atoms with Gasteiger partial charge in [-0.15, -0.1) is 0 Å². The molecule has 0 heterocycles. The number of allylic oxidation sites excluding steroid dienone is 3. The number of unbranched alkanes of at least 4 members (excludes halogenated alkanes) is 18. The fraction of sp³-hybridized carbons (Fsp3) is 0.848. The number of rotatable bonds is 28. The topological polar surface area (TPSA) is 89.8 Å². The van der Waals surface area contributed by atoms with Crippen LogP contribution in [0.15, 0.2) is 24.3 Å². The minimum absolute atomic E-state index is 0.368. The lowest BCUT2D eigenvalue weighted by molar-refractivity contribution is -0.131. The summed E-state index contributed by atoms with van der Waals surface area (Å²) in [5.41, 5.74) is 0. The molecule has 1 amide bonds. The van der Waals surface area contributed by atoms with E-state index < -0.39 is 24.2 Å². The van der Waals surface area contributed by atoms with Crippen LogP contribution < -0.4 is 5.32 Å². The van der Waals surface area contributed by atoms with E-state index in [1.807, 2.05) is 6.08 Å². The molecular formula is C33H63NO4. The summed E-state index contributed by atoms with van der Waals surface area (Å²) in [6.07, 6.45) is 31.9. The average Bonchev–Trinajstić information content (AvgIpc) is 2.92. The Morgan fingerprint density at radius 2 is 1.08 bits per heavy atom. The van der Waals surface area contributed by atoms with Crippen LogP contribution in [0.3, 0.4) is 0 Å². The molecule has 0 aliphatic heterocycles. The number of carbonyl (C=O) groups excluding carboxylic acids is 1. The Labute approximate surface area is 235 Å². The maximum atomic E-state index is 12.3. The number of nitrogens with one attached hydrogen (secondary N) is 1. The first-order valence-electron chi connectivity index (χ1n) is 16.2. The van der Waals surface area contributed by atoms with Crippen molar-refractivity contribution in [2.45, 2.75) is 173 Å². The molecular weight excluding hydrogens is 474 g/mol. The Kier molecular flexibility index (Phi) is 27.9. The third-order valence-corrected chi connectivity index (χ3v) is 7.29. The van der Waals surface area contributed by atoms with Crippen molar-refractivity contribution in [3.05, 3.63) is 24.3 Å². The van der Waals surface area contributed by atoms with Crippen molar-refractivity contribution in [1.29, 1.82) is 0 Å². The largest absolute Gasteiger partial charge is 0.394 e. The molecule has 38 heavy (non-hydrogen) atoms. The number of amides is 1. The van der Waals surface area contributed by atoms with Crippen LogP contribution in [0.2, 0.25) is 0 Å². The van der Waals surface area contributed by atoms with Gasteiger partial charge in [-0.2, -0.15) is 0 Å². The van der Waals surface area contributed by atoms with Crippen molar-refractivity contribution in [1.82, 2.24) is 5.32 Å². The van der Waals surface area contributed by atoms with Crippen molar-refractivity contribution in [2.75, 3.05) is 6.61 Å². The summed E-state index contributed by atoms with van der Waals surface area (Å²) in [6, 6.07) is -0.798. The van der Waals surface area contributed by atoms with Crippen LogP contribution in [0.4, 0.5) is 0 Å². The fourth-order valence-corrected chi connectivity index (χ4v) is 4.63. The van der Waals surface area contributed by atoms with E-state index in [0.29, 0.717) is 6.42 Å². The summed E-state index contributed by atoms with van der Waals surface area (Å²) in [5, 5.41) is 32.7. The standard InChI is InChI=1S/C33H63NO4/c1-3-5-7-9-11-13-14-15-16-17-18-20-21-23-25-27-31(36)30(29-35)34-33(38)32(37)28-26-24-22-19-12-10-8-6-4-2/h10,12,25,27,30-32,35-37H,3-9,11,13-24,26,28-29H2,1-2H3,(H,34,38)/b12-10-,27-25+. The van der Waals surface area contributed by atoms with E-state index in [-0.39, 0.29) is 6.61 Å². The van der Waals surface area contributed by atoms with Crippen molar-refractivity contribution < 1.29 is 20.1 Å². The molecule has 0 radical (unpaired) electrons. The van der Waals surface area contributed by atoms with E-state index in [0.717, 1.165) is 44.9 Å². The molecule has 0 aromatic carbocycles. The van der Waals surface area contributed by atoms with Crippen molar-refractivity contribution in [3.63, 3.8) is 0 Å². The van der Waals surface area contributed by atoms with E-state index in [2.05, 4.69) is 31.3 Å². The van der Waals surface area contributed by atoms with Crippen LogP contribution in [0.25, 0.3) is 0 Å². The van der Waals surface area contributed by atoms with Crippen molar-refractivity contribution in [3.8, 4) is 0 Å². The number of aliphatic hydroxyl groups is 3. The Balaban J connectivity index is 3.81. The molecule has 0 aromatic heterocycles. The Bertz CT molecular complexity index is 563. The lowest BCUT2D eigenvalue weighted by Crippen LogP contribution is -2.48. The smallest absolute Gasteiger partial charge is 0.249 e. The SMILES string of the molecule is CCCC/C=C\CCCCCC(O)C(=O)NC(CO)C(O)/C=C/CCCCCCCCCCCCCCC. The van der Waals surface area contributed by atoms with Gasteiger partial charge in [0.1, 0.15) is 6.10 Å². The first-order chi connectivity index (χ1) is 18.6. The van der Waals surface area contributed by atoms with Gasteiger partial charge < -0.3 is 20.6 Å². The highest BCUT2D eigenvalue weighted by Gasteiger charge is 2.22. The summed E-state index contributed by atoms with van der Waals surface area (Å²) in [6.45, 7) is 4.09. The van der Waals surface area contributed by atoms with E-state index >= 15 is 0 Å². The molecule has 3 atom stereocenters. The molecule has 0 rings (SSSR count). The summed E-state index contributed by atoms with van der Waals surface area (Å²) in [4.78, 5) is 12.3. The molecule has 0 aliphatic rings. The van der Waals surface area contributed by atoms with E-state index in [9.17, 15) is 20.1 Å². The second kappa shape index (κ2) is 28.8. The Morgan fingerprint density at radius 1 is 0.632 bits per heavy atom. The maximum absolute atomic E-state index is 12.3. The lowest BCUT2D eigenvalue weighted by Gasteiger charge is -2.21. The normalized spacial score (nSPS) is 14.3. The molecule has 3 unspecified atom stereocenters. The molecule has 0 aromatic rings. The van der Waals surface area contributed by atoms with Crippen molar-refractivity contribution in [2.24, 2.45) is 0 Å². The summed E-state index contributed by atoms with van der Waals surface area (Å²) < 4.78 is 0. The van der Waals surface area contributed by atoms with Crippen LogP contribution in [-0.4, -0.2) is 46.1 Å². The first kappa shape index (κ1) is 36.8. The minimum atomic E-state index is -1.11. The van der Waals surface area contributed by atoms with Gasteiger partial charge in [-0.05, 0) is 38.5 Å². The summed E-state index contributed by atoms with van der Waals surface area (Å²) in [7, 11) is 0. The number of aliphatic hydroxyl groups excluding tert-OH is 3. The molecule has 0 bridgehead atoms. The molecule has 0 saturated carbocycles. The molecule has 5 heteroatoms. The summed E-state index contributed by atoms with van der Waals surface area (Å²) >= 11 is 0. The zero-order valence-corrected chi connectivity index (χ0v) is 25.1. The van der Waals surface area contributed by atoms with Gasteiger partial charge in [0, 0.05) is 0 Å². The minimum Gasteiger partial charge on any atom is -0.394 e. The number of carbonyl (C=O) groups is 1. The quantitative estimate of drug-likeness (QED) is 0.0603. The zero-order valence-electron chi connectivity index (χ0n) is 25.1. The number of hydrogen-bond acceptors (Lipinski definition) is 4. The van der Waals surface area contributed by atoms with Gasteiger partial charge in [0.05, 0.1) is 18.8 Å². The molecule has 224 valence electrons. The van der Waals surface area contributed by atoms with Crippen LogP contribution in [0, 0.1) is 0 Å². The first-order valence-corrected chi connectivity index (χ1v) is 16.2. The highest BCUT2D eigenvalue weighted by molar-refractivity contribution is 5.80. The van der Waals surface area contributed by atoms with Gasteiger partial charge in [0.15, 0.2) is 0 Å². The molecule has 0 saturated heterocycles. The van der Waals surface area contributed by atoms with Crippen molar-refractivity contribution >= 4 is 5.91 Å².